The van der Waals surface area contributed by atoms with E-state index in [0.29, 0.717) is 30.7 Å². The zero-order valence-electron chi connectivity index (χ0n) is 15.6. The van der Waals surface area contributed by atoms with Crippen LogP contribution in [0.15, 0.2) is 21.6 Å². The Morgan fingerprint density at radius 3 is 2.69 bits per heavy atom. The van der Waals surface area contributed by atoms with Gasteiger partial charge in [-0.1, -0.05) is 16.8 Å². The molecule has 0 N–H and O–H groups in total. The highest BCUT2D eigenvalue weighted by molar-refractivity contribution is 6.34. The molecular weight excluding hydrogens is 352 g/mol. The standard InChI is InChI=1S/C20H25ClN2O3/c1-13-11-17(20-22-8-10-25-20)18(21)15(3)19(13)24-9-6-4-5-7-16-12-14(2)23-26-16/h11-12H,4-10H2,1-3H3. The van der Waals surface area contributed by atoms with Crippen molar-refractivity contribution < 1.29 is 14.0 Å². The molecule has 0 saturated carbocycles. The van der Waals surface area contributed by atoms with Crippen LogP contribution in [0.2, 0.25) is 5.02 Å². The fraction of sp³-hybridized carbons (Fsp3) is 0.500. The van der Waals surface area contributed by atoms with Crippen molar-refractivity contribution in [2.75, 3.05) is 19.8 Å². The summed E-state index contributed by atoms with van der Waals surface area (Å²) in [4.78, 5) is 4.36. The van der Waals surface area contributed by atoms with Gasteiger partial charge in [0.05, 0.1) is 29.4 Å². The number of rotatable bonds is 8. The van der Waals surface area contributed by atoms with Crippen molar-refractivity contribution in [1.29, 1.82) is 0 Å². The smallest absolute Gasteiger partial charge is 0.217 e. The number of aromatic nitrogens is 1. The van der Waals surface area contributed by atoms with Gasteiger partial charge in [-0.15, -0.1) is 0 Å². The lowest BCUT2D eigenvalue weighted by atomic mass is 10.1. The maximum Gasteiger partial charge on any atom is 0.217 e. The van der Waals surface area contributed by atoms with Crippen LogP contribution in [0.3, 0.4) is 0 Å². The number of nitrogens with zero attached hydrogens (tertiary/aromatic N) is 2. The molecule has 0 amide bonds. The molecule has 0 bridgehead atoms. The molecule has 1 aromatic heterocycles. The van der Waals surface area contributed by atoms with Crippen molar-refractivity contribution in [2.45, 2.75) is 46.5 Å². The Morgan fingerprint density at radius 2 is 2.00 bits per heavy atom. The third-order valence-corrected chi connectivity index (χ3v) is 4.92. The van der Waals surface area contributed by atoms with Gasteiger partial charge in [-0.3, -0.25) is 0 Å². The van der Waals surface area contributed by atoms with E-state index in [1.165, 1.54) is 0 Å². The third-order valence-electron chi connectivity index (χ3n) is 4.43. The monoisotopic (exact) mass is 376 g/mol. The Morgan fingerprint density at radius 1 is 1.15 bits per heavy atom. The minimum atomic E-state index is 0.621. The number of ether oxygens (including phenoxy) is 2. The Bertz CT molecular complexity index is 799. The summed E-state index contributed by atoms with van der Waals surface area (Å²) in [6, 6.07) is 3.99. The summed E-state index contributed by atoms with van der Waals surface area (Å²) in [6.07, 6.45) is 4.05. The second kappa shape index (κ2) is 8.58. The van der Waals surface area contributed by atoms with Crippen molar-refractivity contribution in [3.8, 4) is 5.75 Å². The normalized spacial score (nSPS) is 13.6. The molecule has 5 nitrogen and oxygen atoms in total. The molecule has 2 aromatic rings. The van der Waals surface area contributed by atoms with Gasteiger partial charge in [0.1, 0.15) is 18.1 Å². The minimum Gasteiger partial charge on any atom is -0.493 e. The van der Waals surface area contributed by atoms with Gasteiger partial charge < -0.3 is 14.0 Å². The van der Waals surface area contributed by atoms with Crippen LogP contribution in [0, 0.1) is 20.8 Å². The van der Waals surface area contributed by atoms with Crippen LogP contribution in [0.5, 0.6) is 5.75 Å². The maximum atomic E-state index is 6.53. The number of halogens is 1. The molecule has 0 spiro atoms. The molecule has 0 saturated heterocycles. The number of aliphatic imine (C=N–C) groups is 1. The second-order valence-corrected chi connectivity index (χ2v) is 7.02. The van der Waals surface area contributed by atoms with Gasteiger partial charge in [0.15, 0.2) is 0 Å². The van der Waals surface area contributed by atoms with Crippen LogP contribution in [0.25, 0.3) is 0 Å². The van der Waals surface area contributed by atoms with Gasteiger partial charge in [-0.2, -0.15) is 0 Å². The highest BCUT2D eigenvalue weighted by Gasteiger charge is 2.19. The van der Waals surface area contributed by atoms with Crippen molar-refractivity contribution in [3.05, 3.63) is 45.3 Å². The Hall–Kier alpha value is -2.01. The third kappa shape index (κ3) is 4.39. The first kappa shape index (κ1) is 18.8. The van der Waals surface area contributed by atoms with Gasteiger partial charge in [0, 0.05) is 18.1 Å². The van der Waals surface area contributed by atoms with Crippen LogP contribution in [-0.4, -0.2) is 30.8 Å². The number of hydrogen-bond acceptors (Lipinski definition) is 5. The summed E-state index contributed by atoms with van der Waals surface area (Å²) in [5, 5.41) is 4.56. The summed E-state index contributed by atoms with van der Waals surface area (Å²) in [5.74, 6) is 2.45. The van der Waals surface area contributed by atoms with E-state index >= 15 is 0 Å². The van der Waals surface area contributed by atoms with Gasteiger partial charge in [0.2, 0.25) is 5.90 Å². The first-order valence-electron chi connectivity index (χ1n) is 9.08. The Kier molecular flexibility index (Phi) is 6.20. The average molecular weight is 377 g/mol. The van der Waals surface area contributed by atoms with E-state index in [1.807, 2.05) is 32.9 Å². The fourth-order valence-electron chi connectivity index (χ4n) is 3.11. The predicted molar refractivity (Wildman–Crippen MR) is 103 cm³/mol. The van der Waals surface area contributed by atoms with Crippen LogP contribution in [0.4, 0.5) is 0 Å². The van der Waals surface area contributed by atoms with Gasteiger partial charge in [0.25, 0.3) is 0 Å². The van der Waals surface area contributed by atoms with E-state index in [-0.39, 0.29) is 0 Å². The zero-order chi connectivity index (χ0) is 18.5. The molecule has 2 heterocycles. The van der Waals surface area contributed by atoms with Crippen LogP contribution < -0.4 is 4.74 Å². The number of hydrogen-bond donors (Lipinski definition) is 0. The molecular formula is C20H25ClN2O3. The molecule has 140 valence electrons. The van der Waals surface area contributed by atoms with Crippen molar-refractivity contribution in [3.63, 3.8) is 0 Å². The molecule has 3 rings (SSSR count). The Balaban J connectivity index is 1.50. The molecule has 0 unspecified atom stereocenters. The lowest BCUT2D eigenvalue weighted by Gasteiger charge is -2.16. The lowest BCUT2D eigenvalue weighted by Crippen LogP contribution is -2.07. The first-order valence-corrected chi connectivity index (χ1v) is 9.46. The van der Waals surface area contributed by atoms with E-state index in [0.717, 1.165) is 59.6 Å². The molecule has 1 aliphatic heterocycles. The van der Waals surface area contributed by atoms with Gasteiger partial charge >= 0.3 is 0 Å². The minimum absolute atomic E-state index is 0.621. The highest BCUT2D eigenvalue weighted by atomic mass is 35.5. The second-order valence-electron chi connectivity index (χ2n) is 6.64. The summed E-state index contributed by atoms with van der Waals surface area (Å²) < 4.78 is 16.8. The van der Waals surface area contributed by atoms with Crippen molar-refractivity contribution in [2.24, 2.45) is 4.99 Å². The molecule has 6 heteroatoms. The largest absolute Gasteiger partial charge is 0.493 e. The number of aryl methyl sites for hydroxylation is 3. The van der Waals surface area contributed by atoms with E-state index in [4.69, 9.17) is 25.6 Å². The van der Waals surface area contributed by atoms with Crippen molar-refractivity contribution >= 4 is 17.5 Å². The molecule has 0 fully saturated rings. The maximum absolute atomic E-state index is 6.53. The van der Waals surface area contributed by atoms with Crippen LogP contribution in [0.1, 0.15) is 47.4 Å². The molecule has 0 atom stereocenters. The molecule has 1 aliphatic rings. The summed E-state index contributed by atoms with van der Waals surface area (Å²) in [7, 11) is 0. The van der Waals surface area contributed by atoms with Gasteiger partial charge in [-0.05, 0) is 51.7 Å². The van der Waals surface area contributed by atoms with E-state index in [1.54, 1.807) is 0 Å². The van der Waals surface area contributed by atoms with E-state index < -0.39 is 0 Å². The summed E-state index contributed by atoms with van der Waals surface area (Å²) in [6.45, 7) is 7.93. The molecule has 0 aliphatic carbocycles. The van der Waals surface area contributed by atoms with Crippen LogP contribution in [-0.2, 0) is 11.2 Å². The lowest BCUT2D eigenvalue weighted by molar-refractivity contribution is 0.299. The summed E-state index contributed by atoms with van der Waals surface area (Å²) >= 11 is 6.53. The number of benzene rings is 1. The SMILES string of the molecule is Cc1cc(CCCCCOc2c(C)cc(C3=NCCO3)c(Cl)c2C)on1. The Labute approximate surface area is 159 Å². The highest BCUT2D eigenvalue weighted by Crippen LogP contribution is 2.34. The predicted octanol–water partition coefficient (Wildman–Crippen LogP) is 4.82. The molecule has 0 radical (unpaired) electrons. The van der Waals surface area contributed by atoms with Gasteiger partial charge in [-0.25, -0.2) is 4.99 Å². The number of unbranched alkanes of at least 4 members (excludes halogenated alkanes) is 2. The van der Waals surface area contributed by atoms with Crippen molar-refractivity contribution in [1.82, 2.24) is 5.16 Å². The van der Waals surface area contributed by atoms with Crippen LogP contribution >= 0.6 is 11.6 Å². The first-order chi connectivity index (χ1) is 12.6. The zero-order valence-corrected chi connectivity index (χ0v) is 16.4. The topological polar surface area (TPSA) is 56.9 Å². The van der Waals surface area contributed by atoms with E-state index in [2.05, 4.69) is 10.1 Å². The quantitative estimate of drug-likeness (QED) is 0.619. The fourth-order valence-corrected chi connectivity index (χ4v) is 3.33. The molecule has 26 heavy (non-hydrogen) atoms. The molecule has 1 aromatic carbocycles. The summed E-state index contributed by atoms with van der Waals surface area (Å²) in [5.41, 5.74) is 3.78. The van der Waals surface area contributed by atoms with E-state index in [9.17, 15) is 0 Å². The average Bonchev–Trinajstić information content (AvgIpc) is 3.28.